The molecule has 0 spiro atoms. The van der Waals surface area contributed by atoms with Gasteiger partial charge in [-0.1, -0.05) is 22.9 Å². The second-order valence-corrected chi connectivity index (χ2v) is 5.30. The number of benzene rings is 1. The number of nitrogens with one attached hydrogen (secondary N) is 1. The number of methoxy groups -OCH3 is 1. The van der Waals surface area contributed by atoms with Crippen molar-refractivity contribution in [2.24, 2.45) is 0 Å². The lowest BCUT2D eigenvalue weighted by Crippen LogP contribution is -2.25. The SMILES string of the molecule is CCNC(c1cc(OC)ccc1Br)c1ccnn1CC. The number of aryl methyl sites for hydroxylation is 1. The Morgan fingerprint density at radius 3 is 2.80 bits per heavy atom. The number of halogens is 1. The van der Waals surface area contributed by atoms with Crippen molar-refractivity contribution in [1.29, 1.82) is 0 Å². The van der Waals surface area contributed by atoms with Crippen LogP contribution in [0.2, 0.25) is 0 Å². The number of ether oxygens (including phenoxy) is 1. The minimum Gasteiger partial charge on any atom is -0.497 e. The minimum atomic E-state index is 0.0897. The van der Waals surface area contributed by atoms with Crippen molar-refractivity contribution >= 4 is 15.9 Å². The molecule has 5 heteroatoms. The summed E-state index contributed by atoms with van der Waals surface area (Å²) in [4.78, 5) is 0. The molecule has 1 aromatic carbocycles. The zero-order valence-electron chi connectivity index (χ0n) is 12.1. The average molecular weight is 338 g/mol. The summed E-state index contributed by atoms with van der Waals surface area (Å²) < 4.78 is 8.42. The maximum atomic E-state index is 5.34. The van der Waals surface area contributed by atoms with Crippen molar-refractivity contribution in [3.8, 4) is 5.75 Å². The normalized spacial score (nSPS) is 12.4. The molecule has 0 fully saturated rings. The van der Waals surface area contributed by atoms with Crippen molar-refractivity contribution in [3.05, 3.63) is 46.2 Å². The monoisotopic (exact) mass is 337 g/mol. The van der Waals surface area contributed by atoms with Crippen LogP contribution in [0.4, 0.5) is 0 Å². The third-order valence-electron chi connectivity index (χ3n) is 3.27. The molecule has 1 heterocycles. The largest absolute Gasteiger partial charge is 0.497 e. The van der Waals surface area contributed by atoms with Gasteiger partial charge in [-0.25, -0.2) is 0 Å². The summed E-state index contributed by atoms with van der Waals surface area (Å²) in [6.07, 6.45) is 1.84. The third kappa shape index (κ3) is 3.04. The second-order valence-electron chi connectivity index (χ2n) is 4.45. The van der Waals surface area contributed by atoms with Gasteiger partial charge in [0.15, 0.2) is 0 Å². The Morgan fingerprint density at radius 1 is 1.35 bits per heavy atom. The van der Waals surface area contributed by atoms with Crippen LogP contribution in [0.15, 0.2) is 34.9 Å². The molecule has 0 saturated carbocycles. The van der Waals surface area contributed by atoms with Gasteiger partial charge in [0.2, 0.25) is 0 Å². The van der Waals surface area contributed by atoms with Gasteiger partial charge < -0.3 is 10.1 Å². The highest BCUT2D eigenvalue weighted by molar-refractivity contribution is 9.10. The van der Waals surface area contributed by atoms with Crippen molar-refractivity contribution in [3.63, 3.8) is 0 Å². The number of rotatable bonds is 6. The summed E-state index contributed by atoms with van der Waals surface area (Å²) in [7, 11) is 1.69. The highest BCUT2D eigenvalue weighted by atomic mass is 79.9. The maximum Gasteiger partial charge on any atom is 0.119 e. The lowest BCUT2D eigenvalue weighted by Gasteiger charge is -2.21. The highest BCUT2D eigenvalue weighted by Crippen LogP contribution is 2.31. The molecule has 0 aliphatic heterocycles. The number of nitrogens with zero attached hydrogens (tertiary/aromatic N) is 2. The molecular weight excluding hydrogens is 318 g/mol. The highest BCUT2D eigenvalue weighted by Gasteiger charge is 2.20. The fraction of sp³-hybridized carbons (Fsp3) is 0.400. The lowest BCUT2D eigenvalue weighted by atomic mass is 10.0. The van der Waals surface area contributed by atoms with Crippen molar-refractivity contribution in [2.45, 2.75) is 26.4 Å². The van der Waals surface area contributed by atoms with E-state index in [-0.39, 0.29) is 6.04 Å². The first kappa shape index (κ1) is 15.1. The van der Waals surface area contributed by atoms with Crippen LogP contribution in [0.3, 0.4) is 0 Å². The summed E-state index contributed by atoms with van der Waals surface area (Å²) in [6.45, 7) is 5.93. The van der Waals surface area contributed by atoms with E-state index in [0.717, 1.165) is 34.6 Å². The van der Waals surface area contributed by atoms with Crippen LogP contribution in [-0.2, 0) is 6.54 Å². The molecule has 0 aliphatic carbocycles. The molecule has 0 amide bonds. The Morgan fingerprint density at radius 2 is 2.15 bits per heavy atom. The van der Waals surface area contributed by atoms with Crippen molar-refractivity contribution in [2.75, 3.05) is 13.7 Å². The Balaban J connectivity index is 2.48. The van der Waals surface area contributed by atoms with Crippen LogP contribution in [0.1, 0.15) is 31.1 Å². The van der Waals surface area contributed by atoms with Gasteiger partial charge in [0.05, 0.1) is 18.8 Å². The molecule has 108 valence electrons. The van der Waals surface area contributed by atoms with Crippen LogP contribution in [-0.4, -0.2) is 23.4 Å². The standard InChI is InChI=1S/C15H20BrN3O/c1-4-17-15(14-8-9-18-19(14)5-2)12-10-11(20-3)6-7-13(12)16/h6-10,15,17H,4-5H2,1-3H3. The van der Waals surface area contributed by atoms with Gasteiger partial charge in [0, 0.05) is 17.2 Å². The van der Waals surface area contributed by atoms with Crippen molar-refractivity contribution < 1.29 is 4.74 Å². The Bertz CT molecular complexity index is 568. The van der Waals surface area contributed by atoms with E-state index in [1.165, 1.54) is 0 Å². The zero-order chi connectivity index (χ0) is 14.5. The number of hydrogen-bond donors (Lipinski definition) is 1. The molecule has 0 aliphatic rings. The van der Waals surface area contributed by atoms with Crippen LogP contribution in [0.25, 0.3) is 0 Å². The van der Waals surface area contributed by atoms with Gasteiger partial charge in [-0.2, -0.15) is 5.10 Å². The van der Waals surface area contributed by atoms with E-state index in [1.807, 2.05) is 23.0 Å². The van der Waals surface area contributed by atoms with E-state index >= 15 is 0 Å². The smallest absolute Gasteiger partial charge is 0.119 e. The van der Waals surface area contributed by atoms with Gasteiger partial charge >= 0.3 is 0 Å². The molecule has 0 saturated heterocycles. The molecule has 0 bridgehead atoms. The van der Waals surface area contributed by atoms with Gasteiger partial charge in [-0.3, -0.25) is 4.68 Å². The summed E-state index contributed by atoms with van der Waals surface area (Å²) in [5, 5.41) is 7.89. The molecule has 4 nitrogen and oxygen atoms in total. The number of hydrogen-bond acceptors (Lipinski definition) is 3. The topological polar surface area (TPSA) is 39.1 Å². The maximum absolute atomic E-state index is 5.34. The predicted octanol–water partition coefficient (Wildman–Crippen LogP) is 3.37. The molecule has 0 radical (unpaired) electrons. The zero-order valence-corrected chi connectivity index (χ0v) is 13.6. The van der Waals surface area contributed by atoms with Crippen molar-refractivity contribution in [1.82, 2.24) is 15.1 Å². The first-order valence-corrected chi connectivity index (χ1v) is 7.59. The molecule has 2 aromatic rings. The van der Waals surface area contributed by atoms with E-state index in [4.69, 9.17) is 4.74 Å². The molecule has 2 rings (SSSR count). The van der Waals surface area contributed by atoms with E-state index in [9.17, 15) is 0 Å². The van der Waals surface area contributed by atoms with Crippen LogP contribution >= 0.6 is 15.9 Å². The summed E-state index contributed by atoms with van der Waals surface area (Å²) >= 11 is 3.64. The molecule has 1 aromatic heterocycles. The minimum absolute atomic E-state index is 0.0897. The average Bonchev–Trinajstić information content (AvgIpc) is 2.94. The van der Waals surface area contributed by atoms with Gasteiger partial charge in [0.25, 0.3) is 0 Å². The lowest BCUT2D eigenvalue weighted by molar-refractivity contribution is 0.413. The summed E-state index contributed by atoms with van der Waals surface area (Å²) in [5.74, 6) is 0.855. The Labute approximate surface area is 128 Å². The van der Waals surface area contributed by atoms with E-state index < -0.39 is 0 Å². The van der Waals surface area contributed by atoms with Gasteiger partial charge in [-0.15, -0.1) is 0 Å². The van der Waals surface area contributed by atoms with E-state index in [0.29, 0.717) is 0 Å². The number of aromatic nitrogens is 2. The second kappa shape index (κ2) is 6.90. The predicted molar refractivity (Wildman–Crippen MR) is 84.1 cm³/mol. The van der Waals surface area contributed by atoms with Crippen LogP contribution < -0.4 is 10.1 Å². The summed E-state index contributed by atoms with van der Waals surface area (Å²) in [6, 6.07) is 8.18. The molecule has 1 N–H and O–H groups in total. The fourth-order valence-corrected chi connectivity index (χ4v) is 2.78. The Kier molecular flexibility index (Phi) is 5.20. The molecule has 1 unspecified atom stereocenters. The van der Waals surface area contributed by atoms with Crippen LogP contribution in [0.5, 0.6) is 5.75 Å². The third-order valence-corrected chi connectivity index (χ3v) is 3.99. The fourth-order valence-electron chi connectivity index (χ4n) is 2.30. The van der Waals surface area contributed by atoms with E-state index in [1.54, 1.807) is 7.11 Å². The molecule has 20 heavy (non-hydrogen) atoms. The Hall–Kier alpha value is -1.33. The van der Waals surface area contributed by atoms with Gasteiger partial charge in [0.1, 0.15) is 5.75 Å². The molecular formula is C15H20BrN3O. The molecule has 1 atom stereocenters. The first-order chi connectivity index (χ1) is 9.71. The van der Waals surface area contributed by atoms with Crippen LogP contribution in [0, 0.1) is 0 Å². The summed E-state index contributed by atoms with van der Waals surface area (Å²) in [5.41, 5.74) is 2.31. The first-order valence-electron chi connectivity index (χ1n) is 6.79. The van der Waals surface area contributed by atoms with Gasteiger partial charge in [-0.05, 0) is 43.3 Å². The van der Waals surface area contributed by atoms with E-state index in [2.05, 4.69) is 52.3 Å². The quantitative estimate of drug-likeness (QED) is 0.878.